The Bertz CT molecular complexity index is 409. The van der Waals surface area contributed by atoms with Crippen LogP contribution in [0.3, 0.4) is 0 Å². The molecule has 1 rings (SSSR count). The van der Waals surface area contributed by atoms with E-state index in [2.05, 4.69) is 15.9 Å². The zero-order valence-corrected chi connectivity index (χ0v) is 11.7. The van der Waals surface area contributed by atoms with E-state index in [1.165, 1.54) is 4.90 Å². The van der Waals surface area contributed by atoms with E-state index >= 15 is 0 Å². The molecular formula is C12H16BrNO3. The number of methoxy groups -OCH3 is 1. The fourth-order valence-electron chi connectivity index (χ4n) is 1.31. The molecule has 0 saturated heterocycles. The summed E-state index contributed by atoms with van der Waals surface area (Å²) in [4.78, 5) is 13.7. The van der Waals surface area contributed by atoms with Gasteiger partial charge in [0.25, 0.3) is 5.91 Å². The second kappa shape index (κ2) is 6.02. The van der Waals surface area contributed by atoms with Gasteiger partial charge >= 0.3 is 0 Å². The third kappa shape index (κ3) is 3.20. The molecule has 0 aliphatic heterocycles. The Balaban J connectivity index is 3.02. The smallest absolute Gasteiger partial charge is 0.255 e. The Labute approximate surface area is 109 Å². The number of benzene rings is 1. The summed E-state index contributed by atoms with van der Waals surface area (Å²) in [6.07, 6.45) is 0. The lowest BCUT2D eigenvalue weighted by atomic mass is 10.1. The molecule has 17 heavy (non-hydrogen) atoms. The maximum atomic E-state index is 12.2. The van der Waals surface area contributed by atoms with Crippen LogP contribution in [0.4, 0.5) is 0 Å². The number of likely N-dealkylation sites (N-methyl/N-ethyl adjacent to an activating group) is 1. The maximum absolute atomic E-state index is 12.2. The first-order valence-corrected chi connectivity index (χ1v) is 6.02. The molecule has 0 aromatic heterocycles. The maximum Gasteiger partial charge on any atom is 0.255 e. The Morgan fingerprint density at radius 3 is 2.76 bits per heavy atom. The quantitative estimate of drug-likeness (QED) is 0.924. The molecule has 0 heterocycles. The standard InChI is InChI=1S/C12H16BrNO3/c1-8(7-15)14(2)12(16)10-6-9(17-3)4-5-11(10)13/h4-6,8,15H,7H2,1-3H3. The number of aliphatic hydroxyl groups excluding tert-OH is 1. The Morgan fingerprint density at radius 1 is 1.59 bits per heavy atom. The number of nitrogens with zero attached hydrogens (tertiary/aromatic N) is 1. The molecule has 0 aliphatic carbocycles. The van der Waals surface area contributed by atoms with E-state index in [0.717, 1.165) is 0 Å². The molecule has 1 N–H and O–H groups in total. The van der Waals surface area contributed by atoms with Gasteiger partial charge in [-0.1, -0.05) is 0 Å². The monoisotopic (exact) mass is 301 g/mol. The van der Waals surface area contributed by atoms with Crippen LogP contribution >= 0.6 is 15.9 Å². The molecular weight excluding hydrogens is 286 g/mol. The minimum absolute atomic E-state index is 0.0656. The number of rotatable bonds is 4. The Hall–Kier alpha value is -1.07. The van der Waals surface area contributed by atoms with E-state index in [0.29, 0.717) is 15.8 Å². The largest absolute Gasteiger partial charge is 0.497 e. The van der Waals surface area contributed by atoms with Gasteiger partial charge in [-0.05, 0) is 41.1 Å². The van der Waals surface area contributed by atoms with Gasteiger partial charge in [0.1, 0.15) is 5.75 Å². The van der Waals surface area contributed by atoms with Crippen molar-refractivity contribution in [2.75, 3.05) is 20.8 Å². The number of carbonyl (C=O) groups is 1. The second-order valence-corrected chi connectivity index (χ2v) is 4.65. The molecule has 1 aromatic rings. The van der Waals surface area contributed by atoms with Gasteiger partial charge in [0, 0.05) is 11.5 Å². The van der Waals surface area contributed by atoms with Crippen molar-refractivity contribution < 1.29 is 14.6 Å². The third-order valence-electron chi connectivity index (χ3n) is 2.65. The van der Waals surface area contributed by atoms with Gasteiger partial charge in [0.05, 0.1) is 25.3 Å². The highest BCUT2D eigenvalue weighted by Crippen LogP contribution is 2.24. The number of aliphatic hydroxyl groups is 1. The van der Waals surface area contributed by atoms with Crippen molar-refractivity contribution in [1.82, 2.24) is 4.90 Å². The van der Waals surface area contributed by atoms with Gasteiger partial charge in [0.15, 0.2) is 0 Å². The van der Waals surface area contributed by atoms with E-state index in [9.17, 15) is 4.79 Å². The molecule has 0 bridgehead atoms. The average Bonchev–Trinajstić information content (AvgIpc) is 2.36. The molecule has 1 amide bonds. The minimum atomic E-state index is -0.222. The summed E-state index contributed by atoms with van der Waals surface area (Å²) < 4.78 is 5.79. The number of hydrogen-bond donors (Lipinski definition) is 1. The molecule has 0 spiro atoms. The third-order valence-corrected chi connectivity index (χ3v) is 3.34. The highest BCUT2D eigenvalue weighted by atomic mass is 79.9. The molecule has 0 fully saturated rings. The molecule has 0 saturated carbocycles. The first-order chi connectivity index (χ1) is 8.01. The molecule has 5 heteroatoms. The molecule has 1 aromatic carbocycles. The summed E-state index contributed by atoms with van der Waals surface area (Å²) in [6.45, 7) is 1.72. The van der Waals surface area contributed by atoms with Crippen LogP contribution in [0.1, 0.15) is 17.3 Å². The zero-order valence-electron chi connectivity index (χ0n) is 10.1. The van der Waals surface area contributed by atoms with Gasteiger partial charge in [-0.15, -0.1) is 0 Å². The Morgan fingerprint density at radius 2 is 2.24 bits per heavy atom. The molecule has 0 aliphatic rings. The average molecular weight is 302 g/mol. The van der Waals surface area contributed by atoms with Crippen LogP contribution in [-0.4, -0.2) is 42.7 Å². The van der Waals surface area contributed by atoms with Crippen molar-refractivity contribution in [2.45, 2.75) is 13.0 Å². The highest BCUT2D eigenvalue weighted by Gasteiger charge is 2.19. The van der Waals surface area contributed by atoms with Crippen LogP contribution in [-0.2, 0) is 0 Å². The summed E-state index contributed by atoms with van der Waals surface area (Å²) in [5, 5.41) is 9.04. The normalized spacial score (nSPS) is 12.1. The summed E-state index contributed by atoms with van der Waals surface area (Å²) in [6, 6.07) is 4.99. The van der Waals surface area contributed by atoms with Crippen molar-refractivity contribution in [3.63, 3.8) is 0 Å². The molecule has 0 radical (unpaired) electrons. The fraction of sp³-hybridized carbons (Fsp3) is 0.417. The number of halogens is 1. The lowest BCUT2D eigenvalue weighted by Gasteiger charge is -2.23. The van der Waals surface area contributed by atoms with Crippen LogP contribution in [0, 0.1) is 0 Å². The first kappa shape index (κ1) is 14.0. The number of hydrogen-bond acceptors (Lipinski definition) is 3. The van der Waals surface area contributed by atoms with E-state index in [-0.39, 0.29) is 18.6 Å². The summed E-state index contributed by atoms with van der Waals surface area (Å²) in [5.41, 5.74) is 0.521. The van der Waals surface area contributed by atoms with Gasteiger partial charge in [-0.3, -0.25) is 4.79 Å². The Kier molecular flexibility index (Phi) is 4.96. The SMILES string of the molecule is COc1ccc(Br)c(C(=O)N(C)C(C)CO)c1. The zero-order chi connectivity index (χ0) is 13.0. The lowest BCUT2D eigenvalue weighted by molar-refractivity contribution is 0.0681. The van der Waals surface area contributed by atoms with Gasteiger partial charge in [0.2, 0.25) is 0 Å². The first-order valence-electron chi connectivity index (χ1n) is 5.22. The van der Waals surface area contributed by atoms with Gasteiger partial charge in [-0.25, -0.2) is 0 Å². The van der Waals surface area contributed by atoms with E-state index < -0.39 is 0 Å². The van der Waals surface area contributed by atoms with Crippen LogP contribution < -0.4 is 4.74 Å². The fourth-order valence-corrected chi connectivity index (χ4v) is 1.72. The molecule has 1 atom stereocenters. The molecule has 1 unspecified atom stereocenters. The van der Waals surface area contributed by atoms with Crippen molar-refractivity contribution in [2.24, 2.45) is 0 Å². The van der Waals surface area contributed by atoms with Crippen LogP contribution in [0.25, 0.3) is 0 Å². The highest BCUT2D eigenvalue weighted by molar-refractivity contribution is 9.10. The van der Waals surface area contributed by atoms with Gasteiger partial charge in [-0.2, -0.15) is 0 Å². The van der Waals surface area contributed by atoms with E-state index in [1.54, 1.807) is 39.3 Å². The second-order valence-electron chi connectivity index (χ2n) is 3.79. The van der Waals surface area contributed by atoms with Crippen molar-refractivity contribution in [3.8, 4) is 5.75 Å². The number of ether oxygens (including phenoxy) is 1. The van der Waals surface area contributed by atoms with E-state index in [4.69, 9.17) is 9.84 Å². The predicted molar refractivity (Wildman–Crippen MR) is 69.3 cm³/mol. The van der Waals surface area contributed by atoms with Crippen molar-refractivity contribution >= 4 is 21.8 Å². The topological polar surface area (TPSA) is 49.8 Å². The summed E-state index contributed by atoms with van der Waals surface area (Å²) in [5.74, 6) is 0.471. The van der Waals surface area contributed by atoms with Crippen LogP contribution in [0.15, 0.2) is 22.7 Å². The predicted octanol–water partition coefficient (Wildman–Crippen LogP) is 1.91. The van der Waals surface area contributed by atoms with Gasteiger partial charge < -0.3 is 14.7 Å². The van der Waals surface area contributed by atoms with Crippen molar-refractivity contribution in [3.05, 3.63) is 28.2 Å². The summed E-state index contributed by atoms with van der Waals surface area (Å²) in [7, 11) is 3.21. The number of amides is 1. The van der Waals surface area contributed by atoms with Crippen LogP contribution in [0.2, 0.25) is 0 Å². The minimum Gasteiger partial charge on any atom is -0.497 e. The number of carbonyl (C=O) groups excluding carboxylic acids is 1. The lowest BCUT2D eigenvalue weighted by Crippen LogP contribution is -2.37. The molecule has 94 valence electrons. The van der Waals surface area contributed by atoms with E-state index in [1.807, 2.05) is 0 Å². The molecule has 4 nitrogen and oxygen atoms in total. The van der Waals surface area contributed by atoms with Crippen LogP contribution in [0.5, 0.6) is 5.75 Å². The summed E-state index contributed by atoms with van der Waals surface area (Å²) >= 11 is 3.33. The van der Waals surface area contributed by atoms with Crippen molar-refractivity contribution in [1.29, 1.82) is 0 Å².